The van der Waals surface area contributed by atoms with Crippen molar-refractivity contribution in [1.82, 2.24) is 0 Å². The van der Waals surface area contributed by atoms with Crippen LogP contribution in [-0.4, -0.2) is 27.0 Å². The van der Waals surface area contributed by atoms with Gasteiger partial charge in [-0.25, -0.2) is 4.79 Å². The van der Waals surface area contributed by atoms with E-state index in [1.165, 1.54) is 0 Å². The van der Waals surface area contributed by atoms with Crippen LogP contribution in [0, 0.1) is 0 Å². The molecule has 0 heterocycles. The minimum absolute atomic E-state index is 0.000460. The van der Waals surface area contributed by atoms with Crippen molar-refractivity contribution in [2.45, 2.75) is 64.2 Å². The summed E-state index contributed by atoms with van der Waals surface area (Å²) in [7, 11) is -3.80. The van der Waals surface area contributed by atoms with Crippen LogP contribution >= 0.6 is 7.60 Å². The van der Waals surface area contributed by atoms with Gasteiger partial charge >= 0.3 is 13.6 Å². The maximum Gasteiger partial charge on any atom is 0.330 e. The zero-order valence-electron chi connectivity index (χ0n) is 12.1. The number of carbonyl (C=O) groups is 1. The maximum atomic E-state index is 10.6. The summed E-state index contributed by atoms with van der Waals surface area (Å²) < 4.78 is 10.6. The molecule has 6 heteroatoms. The SMILES string of the molecule is C=C(CCCCCCCCCCCP(=O)(O)O)C(=O)O. The van der Waals surface area contributed by atoms with Crippen molar-refractivity contribution >= 4 is 13.6 Å². The highest BCUT2D eigenvalue weighted by Gasteiger charge is 2.10. The predicted molar refractivity (Wildman–Crippen MR) is 79.9 cm³/mol. The molecule has 0 aromatic carbocycles. The van der Waals surface area contributed by atoms with Crippen molar-refractivity contribution in [3.63, 3.8) is 0 Å². The molecule has 0 unspecified atom stereocenters. The third-order valence-electron chi connectivity index (χ3n) is 3.23. The number of rotatable bonds is 13. The van der Waals surface area contributed by atoms with E-state index in [-0.39, 0.29) is 11.7 Å². The second kappa shape index (κ2) is 11.1. The lowest BCUT2D eigenvalue weighted by atomic mass is 10.0. The fraction of sp³-hybridized carbons (Fsp3) is 0.786. The molecule has 0 aromatic rings. The molecule has 0 saturated carbocycles. The van der Waals surface area contributed by atoms with E-state index >= 15 is 0 Å². The first-order chi connectivity index (χ1) is 9.33. The topological polar surface area (TPSA) is 94.8 Å². The molecule has 0 saturated heterocycles. The highest BCUT2D eigenvalue weighted by Crippen LogP contribution is 2.35. The van der Waals surface area contributed by atoms with Crippen LogP contribution in [0.4, 0.5) is 0 Å². The van der Waals surface area contributed by atoms with Gasteiger partial charge in [-0.3, -0.25) is 4.57 Å². The predicted octanol–water partition coefficient (Wildman–Crippen LogP) is 3.71. The van der Waals surface area contributed by atoms with Gasteiger partial charge < -0.3 is 14.9 Å². The molecule has 5 nitrogen and oxygen atoms in total. The van der Waals surface area contributed by atoms with E-state index in [1.807, 2.05) is 0 Å². The third kappa shape index (κ3) is 13.8. The van der Waals surface area contributed by atoms with Gasteiger partial charge in [0.05, 0.1) is 0 Å². The summed E-state index contributed by atoms with van der Waals surface area (Å²) in [6, 6.07) is 0. The van der Waals surface area contributed by atoms with Crippen LogP contribution in [0.5, 0.6) is 0 Å². The van der Waals surface area contributed by atoms with E-state index < -0.39 is 13.6 Å². The largest absolute Gasteiger partial charge is 0.478 e. The molecule has 0 fully saturated rings. The molecule has 0 aliphatic carbocycles. The summed E-state index contributed by atoms with van der Waals surface area (Å²) in [5.74, 6) is -0.902. The van der Waals surface area contributed by atoms with Crippen LogP contribution in [-0.2, 0) is 9.36 Å². The van der Waals surface area contributed by atoms with Crippen LogP contribution in [0.1, 0.15) is 64.2 Å². The lowest BCUT2D eigenvalue weighted by molar-refractivity contribution is -0.132. The number of carboxylic acids is 1. The Morgan fingerprint density at radius 1 is 0.850 bits per heavy atom. The van der Waals surface area contributed by atoms with Crippen molar-refractivity contribution in [1.29, 1.82) is 0 Å². The average Bonchev–Trinajstić information content (AvgIpc) is 2.34. The van der Waals surface area contributed by atoms with Gasteiger partial charge in [0.15, 0.2) is 0 Å². The Kier molecular flexibility index (Phi) is 10.7. The number of hydrogen-bond donors (Lipinski definition) is 3. The van der Waals surface area contributed by atoms with Gasteiger partial charge in [-0.05, 0) is 19.3 Å². The molecule has 0 atom stereocenters. The van der Waals surface area contributed by atoms with E-state index in [1.54, 1.807) is 0 Å². The van der Waals surface area contributed by atoms with E-state index in [9.17, 15) is 9.36 Å². The van der Waals surface area contributed by atoms with Crippen LogP contribution in [0.3, 0.4) is 0 Å². The van der Waals surface area contributed by atoms with E-state index in [4.69, 9.17) is 14.9 Å². The highest BCUT2D eigenvalue weighted by atomic mass is 31.2. The molecule has 0 aliphatic heterocycles. The minimum atomic E-state index is -3.80. The Labute approximate surface area is 121 Å². The first-order valence-corrected chi connectivity index (χ1v) is 9.08. The zero-order valence-corrected chi connectivity index (χ0v) is 13.0. The highest BCUT2D eigenvalue weighted by molar-refractivity contribution is 7.51. The summed E-state index contributed by atoms with van der Waals surface area (Å²) in [5.41, 5.74) is 0.287. The Morgan fingerprint density at radius 3 is 1.65 bits per heavy atom. The van der Waals surface area contributed by atoms with Gasteiger partial charge in [0, 0.05) is 11.7 Å². The molecule has 3 N–H and O–H groups in total. The third-order valence-corrected chi connectivity index (χ3v) is 4.13. The first-order valence-electron chi connectivity index (χ1n) is 7.28. The van der Waals surface area contributed by atoms with Crippen LogP contribution in [0.2, 0.25) is 0 Å². The Balaban J connectivity index is 3.20. The molecule has 0 radical (unpaired) electrons. The second-order valence-corrected chi connectivity index (χ2v) is 7.01. The van der Waals surface area contributed by atoms with Crippen molar-refractivity contribution in [2.75, 3.05) is 6.16 Å². The molecule has 118 valence electrons. The maximum absolute atomic E-state index is 10.6. The summed E-state index contributed by atoms with van der Waals surface area (Å²) >= 11 is 0. The van der Waals surface area contributed by atoms with Crippen molar-refractivity contribution in [2.24, 2.45) is 0 Å². The monoisotopic (exact) mass is 306 g/mol. The summed E-state index contributed by atoms with van der Waals surface area (Å²) in [6.07, 6.45) is 9.46. The molecule has 20 heavy (non-hydrogen) atoms. The molecule has 0 spiro atoms. The molecule has 0 rings (SSSR count). The fourth-order valence-corrected chi connectivity index (χ4v) is 2.64. The lowest BCUT2D eigenvalue weighted by Gasteiger charge is -2.04. The fourth-order valence-electron chi connectivity index (χ4n) is 2.00. The van der Waals surface area contributed by atoms with Gasteiger partial charge in [-0.2, -0.15) is 0 Å². The zero-order chi connectivity index (χ0) is 15.4. The first kappa shape index (κ1) is 19.4. The van der Waals surface area contributed by atoms with E-state index in [2.05, 4.69) is 6.58 Å². The molecular weight excluding hydrogens is 279 g/mol. The Hall–Kier alpha value is -0.640. The van der Waals surface area contributed by atoms with Gasteiger partial charge in [0.1, 0.15) is 0 Å². The molecule has 0 amide bonds. The normalized spacial score (nSPS) is 11.5. The Bertz CT molecular complexity index is 334. The van der Waals surface area contributed by atoms with Crippen LogP contribution < -0.4 is 0 Å². The molecular formula is C14H27O5P. The van der Waals surface area contributed by atoms with Crippen molar-refractivity contribution in [3.8, 4) is 0 Å². The quantitative estimate of drug-likeness (QED) is 0.274. The Morgan fingerprint density at radius 2 is 1.25 bits per heavy atom. The summed E-state index contributed by atoms with van der Waals surface area (Å²) in [5, 5.41) is 8.63. The summed E-state index contributed by atoms with van der Waals surface area (Å²) in [4.78, 5) is 27.9. The summed E-state index contributed by atoms with van der Waals surface area (Å²) in [6.45, 7) is 3.49. The molecule has 0 aliphatic rings. The van der Waals surface area contributed by atoms with Crippen molar-refractivity contribution in [3.05, 3.63) is 12.2 Å². The number of aliphatic carboxylic acids is 1. The minimum Gasteiger partial charge on any atom is -0.478 e. The van der Waals surface area contributed by atoms with E-state index in [0.717, 1.165) is 51.4 Å². The van der Waals surface area contributed by atoms with Crippen molar-refractivity contribution < 1.29 is 24.3 Å². The molecule has 0 aromatic heterocycles. The number of carboxylic acid groups (broad SMARTS) is 1. The second-order valence-electron chi connectivity index (χ2n) is 5.23. The number of unbranched alkanes of at least 4 members (excludes halogenated alkanes) is 8. The smallest absolute Gasteiger partial charge is 0.330 e. The van der Waals surface area contributed by atoms with Crippen LogP contribution in [0.15, 0.2) is 12.2 Å². The van der Waals surface area contributed by atoms with Gasteiger partial charge in [0.2, 0.25) is 0 Å². The number of hydrogen-bond acceptors (Lipinski definition) is 2. The average molecular weight is 306 g/mol. The van der Waals surface area contributed by atoms with Crippen LogP contribution in [0.25, 0.3) is 0 Å². The van der Waals surface area contributed by atoms with Gasteiger partial charge in [-0.1, -0.05) is 51.5 Å². The standard InChI is InChI=1S/C14H27O5P/c1-13(14(15)16)11-9-7-5-3-2-4-6-8-10-12-20(17,18)19/h1-12H2,(H,15,16)(H2,17,18,19). The lowest BCUT2D eigenvalue weighted by Crippen LogP contribution is -1.98. The van der Waals surface area contributed by atoms with Gasteiger partial charge in [0.25, 0.3) is 0 Å². The molecule has 0 bridgehead atoms. The van der Waals surface area contributed by atoms with E-state index in [0.29, 0.717) is 12.8 Å². The van der Waals surface area contributed by atoms with Gasteiger partial charge in [-0.15, -0.1) is 0 Å².